The third-order valence-corrected chi connectivity index (χ3v) is 2.79. The number of amides is 3. The fraction of sp³-hybridized carbons (Fsp3) is 0.750. The maximum atomic E-state index is 11.3. The second-order valence-corrected chi connectivity index (χ2v) is 4.91. The molecular formula is C12H21N3O4. The van der Waals surface area contributed by atoms with Crippen molar-refractivity contribution in [2.45, 2.75) is 26.2 Å². The maximum absolute atomic E-state index is 11.3. The van der Waals surface area contributed by atoms with Crippen molar-refractivity contribution in [1.82, 2.24) is 16.0 Å². The summed E-state index contributed by atoms with van der Waals surface area (Å²) in [6.07, 6.45) is 1.94. The number of carbonyl (C=O) groups excluding carboxylic acids is 2. The molecule has 0 spiro atoms. The standard InChI is InChI=1S/C12H21N3O4/c1-8(6-10(16)17)7-15-12(19)14-5-4-13-11(18)9-2-3-9/h8-9H,2-7H2,1H3,(H,13,18)(H,16,17)(H2,14,15,19). The van der Waals surface area contributed by atoms with Gasteiger partial charge in [-0.25, -0.2) is 4.79 Å². The molecule has 0 aromatic rings. The number of carboxylic acid groups (broad SMARTS) is 1. The maximum Gasteiger partial charge on any atom is 0.314 e. The summed E-state index contributed by atoms with van der Waals surface area (Å²) >= 11 is 0. The lowest BCUT2D eigenvalue weighted by Gasteiger charge is -2.11. The second kappa shape index (κ2) is 7.60. The van der Waals surface area contributed by atoms with E-state index < -0.39 is 5.97 Å². The SMILES string of the molecule is CC(CNC(=O)NCCNC(=O)C1CC1)CC(=O)O. The average Bonchev–Trinajstić information content (AvgIpc) is 3.15. The Bertz CT molecular complexity index is 342. The van der Waals surface area contributed by atoms with Gasteiger partial charge in [-0.15, -0.1) is 0 Å². The predicted molar refractivity (Wildman–Crippen MR) is 68.6 cm³/mol. The van der Waals surface area contributed by atoms with Gasteiger partial charge >= 0.3 is 12.0 Å². The van der Waals surface area contributed by atoms with E-state index in [1.165, 1.54) is 0 Å². The minimum atomic E-state index is -0.877. The normalized spacial score (nSPS) is 15.4. The van der Waals surface area contributed by atoms with Crippen LogP contribution in [0, 0.1) is 11.8 Å². The lowest BCUT2D eigenvalue weighted by Crippen LogP contribution is -2.42. The summed E-state index contributed by atoms with van der Waals surface area (Å²) in [4.78, 5) is 33.0. The minimum Gasteiger partial charge on any atom is -0.481 e. The molecule has 108 valence electrons. The van der Waals surface area contributed by atoms with Gasteiger partial charge < -0.3 is 21.1 Å². The number of urea groups is 1. The van der Waals surface area contributed by atoms with Crippen molar-refractivity contribution in [3.8, 4) is 0 Å². The van der Waals surface area contributed by atoms with Crippen LogP contribution in [-0.4, -0.2) is 42.6 Å². The van der Waals surface area contributed by atoms with Crippen molar-refractivity contribution in [2.24, 2.45) is 11.8 Å². The van der Waals surface area contributed by atoms with E-state index in [1.807, 2.05) is 0 Å². The summed E-state index contributed by atoms with van der Waals surface area (Å²) in [6, 6.07) is -0.349. The first-order valence-corrected chi connectivity index (χ1v) is 6.50. The van der Waals surface area contributed by atoms with E-state index in [0.29, 0.717) is 19.6 Å². The highest BCUT2D eigenvalue weighted by atomic mass is 16.4. The molecule has 1 atom stereocenters. The van der Waals surface area contributed by atoms with Gasteiger partial charge in [0.05, 0.1) is 0 Å². The van der Waals surface area contributed by atoms with Crippen molar-refractivity contribution in [3.05, 3.63) is 0 Å². The zero-order chi connectivity index (χ0) is 14.3. The van der Waals surface area contributed by atoms with Crippen LogP contribution in [0.5, 0.6) is 0 Å². The van der Waals surface area contributed by atoms with E-state index in [9.17, 15) is 14.4 Å². The summed E-state index contributed by atoms with van der Waals surface area (Å²) in [5, 5.41) is 16.5. The Kier molecular flexibility index (Phi) is 6.11. The molecule has 19 heavy (non-hydrogen) atoms. The summed E-state index contributed by atoms with van der Waals surface area (Å²) in [5.74, 6) is -0.765. The molecule has 7 heteroatoms. The van der Waals surface area contributed by atoms with E-state index >= 15 is 0 Å². The molecule has 1 saturated carbocycles. The first kappa shape index (κ1) is 15.3. The topological polar surface area (TPSA) is 108 Å². The fourth-order valence-corrected chi connectivity index (χ4v) is 1.55. The van der Waals surface area contributed by atoms with Gasteiger partial charge in [-0.05, 0) is 18.8 Å². The summed E-state index contributed by atoms with van der Waals surface area (Å²) in [6.45, 7) is 2.84. The molecule has 1 aliphatic carbocycles. The quantitative estimate of drug-likeness (QED) is 0.463. The van der Waals surface area contributed by atoms with E-state index in [4.69, 9.17) is 5.11 Å². The molecule has 3 amide bonds. The third-order valence-electron chi connectivity index (χ3n) is 2.79. The van der Waals surface area contributed by atoms with Crippen LogP contribution in [-0.2, 0) is 9.59 Å². The van der Waals surface area contributed by atoms with Gasteiger partial charge in [0.1, 0.15) is 0 Å². The lowest BCUT2D eigenvalue weighted by molar-refractivity contribution is -0.137. The largest absolute Gasteiger partial charge is 0.481 e. The Balaban J connectivity index is 1.98. The summed E-state index contributed by atoms with van der Waals surface area (Å²) < 4.78 is 0. The molecule has 1 fully saturated rings. The van der Waals surface area contributed by atoms with Crippen molar-refractivity contribution in [1.29, 1.82) is 0 Å². The van der Waals surface area contributed by atoms with E-state index in [-0.39, 0.29) is 30.2 Å². The highest BCUT2D eigenvalue weighted by Gasteiger charge is 2.28. The number of rotatable bonds is 8. The average molecular weight is 271 g/mol. The van der Waals surface area contributed by atoms with Crippen LogP contribution in [0.15, 0.2) is 0 Å². The number of carbonyl (C=O) groups is 3. The van der Waals surface area contributed by atoms with Crippen LogP contribution in [0.3, 0.4) is 0 Å². The van der Waals surface area contributed by atoms with E-state index in [2.05, 4.69) is 16.0 Å². The first-order chi connectivity index (χ1) is 8.99. The summed E-state index contributed by atoms with van der Waals surface area (Å²) in [5.41, 5.74) is 0. The fourth-order valence-electron chi connectivity index (χ4n) is 1.55. The van der Waals surface area contributed by atoms with Gasteiger partial charge in [0.15, 0.2) is 0 Å². The predicted octanol–water partition coefficient (Wildman–Crippen LogP) is -0.0774. The molecule has 0 aromatic carbocycles. The van der Waals surface area contributed by atoms with Crippen molar-refractivity contribution in [3.63, 3.8) is 0 Å². The Labute approximate surface area is 112 Å². The van der Waals surface area contributed by atoms with Crippen LogP contribution >= 0.6 is 0 Å². The minimum absolute atomic E-state index is 0.0255. The molecule has 1 aliphatic rings. The molecule has 0 aromatic heterocycles. The molecule has 1 rings (SSSR count). The summed E-state index contributed by atoms with van der Waals surface area (Å²) in [7, 11) is 0. The number of hydrogen-bond acceptors (Lipinski definition) is 3. The van der Waals surface area contributed by atoms with Gasteiger partial charge in [0.25, 0.3) is 0 Å². The molecule has 0 aliphatic heterocycles. The first-order valence-electron chi connectivity index (χ1n) is 6.50. The third kappa shape index (κ3) is 7.28. The zero-order valence-electron chi connectivity index (χ0n) is 11.1. The van der Waals surface area contributed by atoms with Gasteiger partial charge in [0.2, 0.25) is 5.91 Å². The molecule has 1 unspecified atom stereocenters. The Morgan fingerprint density at radius 3 is 2.37 bits per heavy atom. The number of aliphatic carboxylic acids is 1. The Morgan fingerprint density at radius 2 is 1.79 bits per heavy atom. The monoisotopic (exact) mass is 271 g/mol. The highest BCUT2D eigenvalue weighted by molar-refractivity contribution is 5.80. The van der Waals surface area contributed by atoms with E-state index in [0.717, 1.165) is 12.8 Å². The zero-order valence-corrected chi connectivity index (χ0v) is 11.1. The molecule has 0 heterocycles. The van der Waals surface area contributed by atoms with Gasteiger partial charge in [0, 0.05) is 32.0 Å². The smallest absolute Gasteiger partial charge is 0.314 e. The Hall–Kier alpha value is -1.79. The van der Waals surface area contributed by atoms with Crippen LogP contribution < -0.4 is 16.0 Å². The van der Waals surface area contributed by atoms with Gasteiger partial charge in [-0.3, -0.25) is 9.59 Å². The number of carboxylic acids is 1. The van der Waals surface area contributed by atoms with Crippen molar-refractivity contribution < 1.29 is 19.5 Å². The highest BCUT2D eigenvalue weighted by Crippen LogP contribution is 2.28. The van der Waals surface area contributed by atoms with Crippen LogP contribution in [0.4, 0.5) is 4.79 Å². The molecular weight excluding hydrogens is 250 g/mol. The van der Waals surface area contributed by atoms with Crippen LogP contribution in [0.25, 0.3) is 0 Å². The second-order valence-electron chi connectivity index (χ2n) is 4.91. The van der Waals surface area contributed by atoms with E-state index in [1.54, 1.807) is 6.92 Å². The van der Waals surface area contributed by atoms with Crippen molar-refractivity contribution >= 4 is 17.9 Å². The van der Waals surface area contributed by atoms with Crippen molar-refractivity contribution in [2.75, 3.05) is 19.6 Å². The number of nitrogens with one attached hydrogen (secondary N) is 3. The molecule has 4 N–H and O–H groups in total. The molecule has 0 saturated heterocycles. The molecule has 0 bridgehead atoms. The molecule has 7 nitrogen and oxygen atoms in total. The van der Waals surface area contributed by atoms with Crippen LogP contribution in [0.1, 0.15) is 26.2 Å². The van der Waals surface area contributed by atoms with Gasteiger partial charge in [-0.2, -0.15) is 0 Å². The molecule has 0 radical (unpaired) electrons. The lowest BCUT2D eigenvalue weighted by atomic mass is 10.1. The van der Waals surface area contributed by atoms with Crippen LogP contribution in [0.2, 0.25) is 0 Å². The van der Waals surface area contributed by atoms with Gasteiger partial charge in [-0.1, -0.05) is 6.92 Å². The Morgan fingerprint density at radius 1 is 1.16 bits per heavy atom. The number of hydrogen-bond donors (Lipinski definition) is 4.